The van der Waals surface area contributed by atoms with Gasteiger partial charge in [-0.3, -0.25) is 0 Å². The van der Waals surface area contributed by atoms with E-state index in [0.29, 0.717) is 0 Å². The molecule has 3 nitrogen and oxygen atoms in total. The van der Waals surface area contributed by atoms with Gasteiger partial charge in [0.1, 0.15) is 11.4 Å². The van der Waals surface area contributed by atoms with Crippen LogP contribution in [0.15, 0.2) is 41.7 Å². The zero-order valence-electron chi connectivity index (χ0n) is 8.42. The lowest BCUT2D eigenvalue weighted by molar-refractivity contribution is 0.843. The largest absolute Gasteiger partial charge is 0.237 e. The second-order valence-corrected chi connectivity index (χ2v) is 4.09. The Kier molecular flexibility index (Phi) is 3.29. The third-order valence-corrected chi connectivity index (χ3v) is 3.11. The lowest BCUT2D eigenvalue weighted by Gasteiger charge is -2.01. The minimum Gasteiger partial charge on any atom is -0.237 e. The summed E-state index contributed by atoms with van der Waals surface area (Å²) in [6.07, 6.45) is 1.47. The van der Waals surface area contributed by atoms with Crippen LogP contribution in [0.3, 0.4) is 0 Å². The number of hydrogen-bond acceptors (Lipinski definition) is 4. The molecule has 0 atom stereocenters. The quantitative estimate of drug-likeness (QED) is 0.740. The van der Waals surface area contributed by atoms with Crippen molar-refractivity contribution in [1.82, 2.24) is 15.2 Å². The van der Waals surface area contributed by atoms with Crippen molar-refractivity contribution in [3.63, 3.8) is 0 Å². The SMILES string of the molecule is Cc1ncnnc1SCc1ccccc1. The monoisotopic (exact) mass is 217 g/mol. The Morgan fingerprint density at radius 2 is 2.00 bits per heavy atom. The normalized spacial score (nSPS) is 10.2. The van der Waals surface area contributed by atoms with Gasteiger partial charge in [-0.2, -0.15) is 0 Å². The smallest absolute Gasteiger partial charge is 0.140 e. The summed E-state index contributed by atoms with van der Waals surface area (Å²) in [5.74, 6) is 0.905. The van der Waals surface area contributed by atoms with E-state index < -0.39 is 0 Å². The van der Waals surface area contributed by atoms with Gasteiger partial charge in [-0.15, -0.1) is 10.2 Å². The van der Waals surface area contributed by atoms with E-state index in [9.17, 15) is 0 Å². The number of nitrogens with zero attached hydrogens (tertiary/aromatic N) is 3. The van der Waals surface area contributed by atoms with Gasteiger partial charge in [0.2, 0.25) is 0 Å². The second kappa shape index (κ2) is 4.89. The van der Waals surface area contributed by atoms with Crippen LogP contribution in [0.25, 0.3) is 0 Å². The molecule has 0 N–H and O–H groups in total. The fourth-order valence-corrected chi connectivity index (χ4v) is 2.04. The molecule has 0 unspecified atom stereocenters. The van der Waals surface area contributed by atoms with Crippen LogP contribution in [0.5, 0.6) is 0 Å². The van der Waals surface area contributed by atoms with Gasteiger partial charge in [-0.1, -0.05) is 42.1 Å². The number of thioether (sulfide) groups is 1. The molecule has 4 heteroatoms. The van der Waals surface area contributed by atoms with Crippen LogP contribution in [-0.4, -0.2) is 15.2 Å². The van der Waals surface area contributed by atoms with Crippen molar-refractivity contribution in [3.8, 4) is 0 Å². The highest BCUT2D eigenvalue weighted by Gasteiger charge is 2.01. The molecule has 0 aliphatic carbocycles. The predicted molar refractivity (Wildman–Crippen MR) is 60.6 cm³/mol. The minimum atomic E-state index is 0.904. The maximum Gasteiger partial charge on any atom is 0.140 e. The topological polar surface area (TPSA) is 38.7 Å². The van der Waals surface area contributed by atoms with Gasteiger partial charge in [0.05, 0.1) is 5.69 Å². The highest BCUT2D eigenvalue weighted by molar-refractivity contribution is 7.98. The first-order valence-electron chi connectivity index (χ1n) is 4.67. The van der Waals surface area contributed by atoms with Gasteiger partial charge in [0, 0.05) is 5.75 Å². The fourth-order valence-electron chi connectivity index (χ4n) is 1.18. The number of benzene rings is 1. The summed E-state index contributed by atoms with van der Waals surface area (Å²) < 4.78 is 0. The zero-order valence-corrected chi connectivity index (χ0v) is 9.24. The van der Waals surface area contributed by atoms with Gasteiger partial charge in [-0.25, -0.2) is 4.98 Å². The molecule has 0 saturated carbocycles. The van der Waals surface area contributed by atoms with Crippen LogP contribution < -0.4 is 0 Å². The highest BCUT2D eigenvalue weighted by atomic mass is 32.2. The second-order valence-electron chi connectivity index (χ2n) is 3.12. The summed E-state index contributed by atoms with van der Waals surface area (Å²) in [6.45, 7) is 1.95. The summed E-state index contributed by atoms with van der Waals surface area (Å²) in [5, 5.41) is 8.72. The first kappa shape index (κ1) is 10.1. The van der Waals surface area contributed by atoms with Crippen LogP contribution in [0.2, 0.25) is 0 Å². The molecule has 0 aliphatic rings. The molecule has 0 fully saturated rings. The molecule has 2 aromatic rings. The molecule has 0 radical (unpaired) electrons. The first-order chi connectivity index (χ1) is 7.36. The molecule has 2 rings (SSSR count). The molecular weight excluding hydrogens is 206 g/mol. The first-order valence-corrected chi connectivity index (χ1v) is 5.66. The van der Waals surface area contributed by atoms with E-state index in [0.717, 1.165) is 16.5 Å². The molecule has 0 saturated heterocycles. The molecule has 0 aliphatic heterocycles. The Labute approximate surface area is 93.0 Å². The summed E-state index contributed by atoms with van der Waals surface area (Å²) in [7, 11) is 0. The molecular formula is C11H11N3S. The molecule has 1 aromatic carbocycles. The number of aromatic nitrogens is 3. The fraction of sp³-hybridized carbons (Fsp3) is 0.182. The summed E-state index contributed by atoms with van der Waals surface area (Å²) in [4.78, 5) is 4.10. The van der Waals surface area contributed by atoms with Gasteiger partial charge >= 0.3 is 0 Å². The van der Waals surface area contributed by atoms with E-state index in [1.54, 1.807) is 11.8 Å². The number of rotatable bonds is 3. The minimum absolute atomic E-state index is 0.904. The molecule has 0 amide bonds. The lowest BCUT2D eigenvalue weighted by atomic mass is 10.2. The van der Waals surface area contributed by atoms with Crippen molar-refractivity contribution < 1.29 is 0 Å². The van der Waals surface area contributed by atoms with E-state index in [1.807, 2.05) is 25.1 Å². The summed E-state index contributed by atoms with van der Waals surface area (Å²) >= 11 is 1.66. The number of hydrogen-bond donors (Lipinski definition) is 0. The van der Waals surface area contributed by atoms with Gasteiger partial charge in [0.25, 0.3) is 0 Å². The van der Waals surface area contributed by atoms with Crippen molar-refractivity contribution in [2.75, 3.05) is 0 Å². The van der Waals surface area contributed by atoms with Crippen LogP contribution in [0.4, 0.5) is 0 Å². The van der Waals surface area contributed by atoms with Crippen LogP contribution >= 0.6 is 11.8 Å². The van der Waals surface area contributed by atoms with E-state index in [-0.39, 0.29) is 0 Å². The van der Waals surface area contributed by atoms with Gasteiger partial charge in [0.15, 0.2) is 0 Å². The van der Waals surface area contributed by atoms with E-state index in [4.69, 9.17) is 0 Å². The standard InChI is InChI=1S/C11H11N3S/c1-9-11(14-13-8-12-9)15-7-10-5-3-2-4-6-10/h2-6,8H,7H2,1H3. The Morgan fingerprint density at radius 1 is 1.20 bits per heavy atom. The molecule has 1 aromatic heterocycles. The van der Waals surface area contributed by atoms with Crippen molar-refractivity contribution in [1.29, 1.82) is 0 Å². The van der Waals surface area contributed by atoms with Crippen LogP contribution in [-0.2, 0) is 5.75 Å². The zero-order chi connectivity index (χ0) is 10.5. The highest BCUT2D eigenvalue weighted by Crippen LogP contribution is 2.21. The molecule has 15 heavy (non-hydrogen) atoms. The van der Waals surface area contributed by atoms with Gasteiger partial charge in [-0.05, 0) is 12.5 Å². The predicted octanol–water partition coefficient (Wildman–Crippen LogP) is 2.47. The summed E-state index contributed by atoms with van der Waals surface area (Å²) in [5.41, 5.74) is 2.22. The third kappa shape index (κ3) is 2.76. The van der Waals surface area contributed by atoms with Gasteiger partial charge < -0.3 is 0 Å². The molecule has 76 valence electrons. The third-order valence-electron chi connectivity index (χ3n) is 1.98. The van der Waals surface area contributed by atoms with Crippen LogP contribution in [0.1, 0.15) is 11.3 Å². The average molecular weight is 217 g/mol. The molecule has 0 bridgehead atoms. The molecule has 0 spiro atoms. The van der Waals surface area contributed by atoms with Crippen LogP contribution in [0, 0.1) is 6.92 Å². The van der Waals surface area contributed by atoms with Crippen molar-refractivity contribution >= 4 is 11.8 Å². The van der Waals surface area contributed by atoms with Crippen molar-refractivity contribution in [2.24, 2.45) is 0 Å². The Hall–Kier alpha value is -1.42. The maximum absolute atomic E-state index is 4.10. The van der Waals surface area contributed by atoms with Crippen molar-refractivity contribution in [2.45, 2.75) is 17.7 Å². The van der Waals surface area contributed by atoms with E-state index >= 15 is 0 Å². The van der Waals surface area contributed by atoms with E-state index in [1.165, 1.54) is 11.9 Å². The Bertz CT molecular complexity index is 431. The maximum atomic E-state index is 4.10. The lowest BCUT2D eigenvalue weighted by Crippen LogP contribution is -1.92. The summed E-state index contributed by atoms with van der Waals surface area (Å²) in [6, 6.07) is 10.3. The van der Waals surface area contributed by atoms with E-state index in [2.05, 4.69) is 27.3 Å². The Balaban J connectivity index is 2.03. The number of aryl methyl sites for hydroxylation is 1. The molecule has 1 heterocycles. The van der Waals surface area contributed by atoms with Crippen molar-refractivity contribution in [3.05, 3.63) is 47.9 Å². The average Bonchev–Trinajstić information content (AvgIpc) is 2.29. The Morgan fingerprint density at radius 3 is 2.73 bits per heavy atom.